The smallest absolute Gasteiger partial charge is 0.317 e. The third-order valence-corrected chi connectivity index (χ3v) is 4.46. The molecule has 0 aliphatic carbocycles. The highest BCUT2D eigenvalue weighted by Gasteiger charge is 2.32. The molecule has 0 radical (unpaired) electrons. The predicted octanol–water partition coefficient (Wildman–Crippen LogP) is 3.43. The Morgan fingerprint density at radius 2 is 1.73 bits per heavy atom. The highest BCUT2D eigenvalue weighted by atomic mass is 16.2. The summed E-state index contributed by atoms with van der Waals surface area (Å²) in [4.78, 5) is 14.1. The van der Waals surface area contributed by atoms with E-state index >= 15 is 0 Å². The lowest BCUT2D eigenvalue weighted by atomic mass is 9.94. The minimum absolute atomic E-state index is 0.0590. The largest absolute Gasteiger partial charge is 0.333 e. The average Bonchev–Trinajstić information content (AvgIpc) is 2.95. The lowest BCUT2D eigenvalue weighted by molar-refractivity contribution is 0.218. The fourth-order valence-electron chi connectivity index (χ4n) is 2.99. The molecule has 22 heavy (non-hydrogen) atoms. The van der Waals surface area contributed by atoms with Crippen LogP contribution < -0.4 is 5.32 Å². The third kappa shape index (κ3) is 3.30. The second-order valence-corrected chi connectivity index (χ2v) is 5.94. The maximum absolute atomic E-state index is 12.2. The van der Waals surface area contributed by atoms with Crippen molar-refractivity contribution in [2.45, 2.75) is 25.3 Å². The van der Waals surface area contributed by atoms with Crippen LogP contribution in [0.2, 0.25) is 0 Å². The van der Waals surface area contributed by atoms with E-state index in [0.29, 0.717) is 5.92 Å². The van der Waals surface area contributed by atoms with Gasteiger partial charge in [-0.3, -0.25) is 0 Å². The van der Waals surface area contributed by atoms with E-state index in [1.54, 1.807) is 0 Å². The minimum Gasteiger partial charge on any atom is -0.333 e. The van der Waals surface area contributed by atoms with Crippen LogP contribution in [0.25, 0.3) is 0 Å². The van der Waals surface area contributed by atoms with Gasteiger partial charge in [0.05, 0.1) is 6.04 Å². The number of hydrogen-bond donors (Lipinski definition) is 1. The van der Waals surface area contributed by atoms with Crippen LogP contribution in [0.5, 0.6) is 0 Å². The molecular weight excluding hydrogens is 272 g/mol. The van der Waals surface area contributed by atoms with Gasteiger partial charge in [0.1, 0.15) is 0 Å². The zero-order valence-corrected chi connectivity index (χ0v) is 12.9. The molecule has 0 bridgehead atoms. The zero-order valence-electron chi connectivity index (χ0n) is 12.9. The molecule has 0 aromatic heterocycles. The SMILES string of the molecule is C[C@@H](c1ccccc1)C1CN(CCc2ccccc2)C(=O)N1. The van der Waals surface area contributed by atoms with E-state index in [9.17, 15) is 4.79 Å². The molecule has 114 valence electrons. The average molecular weight is 294 g/mol. The van der Waals surface area contributed by atoms with Gasteiger partial charge < -0.3 is 10.2 Å². The first-order chi connectivity index (χ1) is 10.7. The lowest BCUT2D eigenvalue weighted by Gasteiger charge is -2.19. The van der Waals surface area contributed by atoms with Crippen molar-refractivity contribution in [2.24, 2.45) is 0 Å². The monoisotopic (exact) mass is 294 g/mol. The molecule has 1 aliphatic rings. The number of carbonyl (C=O) groups excluding carboxylic acids is 1. The molecule has 1 fully saturated rings. The van der Waals surface area contributed by atoms with Crippen molar-refractivity contribution in [3.63, 3.8) is 0 Å². The lowest BCUT2D eigenvalue weighted by Crippen LogP contribution is -2.31. The summed E-state index contributed by atoms with van der Waals surface area (Å²) in [5.74, 6) is 0.326. The quantitative estimate of drug-likeness (QED) is 0.900. The van der Waals surface area contributed by atoms with E-state index in [1.807, 2.05) is 29.2 Å². The van der Waals surface area contributed by atoms with Gasteiger partial charge in [0, 0.05) is 19.0 Å². The van der Waals surface area contributed by atoms with Crippen LogP contribution in [0.3, 0.4) is 0 Å². The van der Waals surface area contributed by atoms with E-state index in [2.05, 4.69) is 48.6 Å². The molecule has 1 N–H and O–H groups in total. The van der Waals surface area contributed by atoms with Crippen molar-refractivity contribution in [3.8, 4) is 0 Å². The molecule has 2 amide bonds. The van der Waals surface area contributed by atoms with Gasteiger partial charge in [-0.25, -0.2) is 4.79 Å². The molecular formula is C19H22N2O. The third-order valence-electron chi connectivity index (χ3n) is 4.46. The summed E-state index contributed by atoms with van der Waals surface area (Å²) in [6.45, 7) is 3.73. The van der Waals surface area contributed by atoms with Crippen molar-refractivity contribution in [2.75, 3.05) is 13.1 Å². The van der Waals surface area contributed by atoms with Crippen molar-refractivity contribution < 1.29 is 4.79 Å². The van der Waals surface area contributed by atoms with E-state index in [-0.39, 0.29) is 12.1 Å². The van der Waals surface area contributed by atoms with Crippen molar-refractivity contribution in [1.29, 1.82) is 0 Å². The number of carbonyl (C=O) groups is 1. The van der Waals surface area contributed by atoms with Crippen LogP contribution in [0.1, 0.15) is 24.0 Å². The highest BCUT2D eigenvalue weighted by molar-refractivity contribution is 5.77. The van der Waals surface area contributed by atoms with Gasteiger partial charge in [-0.1, -0.05) is 67.6 Å². The van der Waals surface area contributed by atoms with E-state index in [4.69, 9.17) is 0 Å². The van der Waals surface area contributed by atoms with Gasteiger partial charge in [0.2, 0.25) is 0 Å². The number of nitrogens with zero attached hydrogens (tertiary/aromatic N) is 1. The van der Waals surface area contributed by atoms with E-state index < -0.39 is 0 Å². The molecule has 3 heteroatoms. The Hall–Kier alpha value is -2.29. The van der Waals surface area contributed by atoms with Crippen LogP contribution >= 0.6 is 0 Å². The number of nitrogens with one attached hydrogen (secondary N) is 1. The molecule has 1 heterocycles. The zero-order chi connectivity index (χ0) is 15.4. The molecule has 1 saturated heterocycles. The van der Waals surface area contributed by atoms with Crippen LogP contribution in [0.4, 0.5) is 4.79 Å². The summed E-state index contributed by atoms with van der Waals surface area (Å²) in [5.41, 5.74) is 2.55. The number of amides is 2. The molecule has 1 unspecified atom stereocenters. The number of rotatable bonds is 5. The summed E-state index contributed by atoms with van der Waals surface area (Å²) >= 11 is 0. The van der Waals surface area contributed by atoms with E-state index in [1.165, 1.54) is 11.1 Å². The molecule has 2 aromatic carbocycles. The van der Waals surface area contributed by atoms with Gasteiger partial charge >= 0.3 is 6.03 Å². The molecule has 1 aliphatic heterocycles. The fourth-order valence-corrected chi connectivity index (χ4v) is 2.99. The normalized spacial score (nSPS) is 19.0. The van der Waals surface area contributed by atoms with Gasteiger partial charge in [0.25, 0.3) is 0 Å². The first kappa shape index (κ1) is 14.6. The molecule has 0 saturated carbocycles. The summed E-state index contributed by atoms with van der Waals surface area (Å²) in [5, 5.41) is 3.13. The molecule has 3 nitrogen and oxygen atoms in total. The van der Waals surface area contributed by atoms with Crippen LogP contribution in [0.15, 0.2) is 60.7 Å². The summed E-state index contributed by atoms with van der Waals surface area (Å²) in [7, 11) is 0. The number of benzene rings is 2. The Morgan fingerprint density at radius 3 is 2.41 bits per heavy atom. The predicted molar refractivity (Wildman–Crippen MR) is 88.9 cm³/mol. The van der Waals surface area contributed by atoms with Crippen molar-refractivity contribution >= 4 is 6.03 Å². The van der Waals surface area contributed by atoms with Crippen molar-refractivity contribution in [3.05, 3.63) is 71.8 Å². The second-order valence-electron chi connectivity index (χ2n) is 5.94. The maximum Gasteiger partial charge on any atom is 0.317 e. The summed E-state index contributed by atoms with van der Waals surface area (Å²) in [6.07, 6.45) is 0.903. The van der Waals surface area contributed by atoms with Gasteiger partial charge in [-0.15, -0.1) is 0 Å². The Bertz CT molecular complexity index is 612. The highest BCUT2D eigenvalue weighted by Crippen LogP contribution is 2.23. The van der Waals surface area contributed by atoms with Crippen LogP contribution in [-0.2, 0) is 6.42 Å². The first-order valence-electron chi connectivity index (χ1n) is 7.88. The van der Waals surface area contributed by atoms with Gasteiger partial charge in [0.15, 0.2) is 0 Å². The number of urea groups is 1. The molecule has 2 aromatic rings. The Kier molecular flexibility index (Phi) is 4.42. The molecule has 3 rings (SSSR count). The van der Waals surface area contributed by atoms with Crippen LogP contribution in [0, 0.1) is 0 Å². The summed E-state index contributed by atoms with van der Waals surface area (Å²) < 4.78 is 0. The van der Waals surface area contributed by atoms with Crippen LogP contribution in [-0.4, -0.2) is 30.1 Å². The first-order valence-corrected chi connectivity index (χ1v) is 7.88. The Labute approximate surface area is 132 Å². The van der Waals surface area contributed by atoms with E-state index in [0.717, 1.165) is 19.5 Å². The maximum atomic E-state index is 12.2. The van der Waals surface area contributed by atoms with Crippen molar-refractivity contribution in [1.82, 2.24) is 10.2 Å². The summed E-state index contributed by atoms with van der Waals surface area (Å²) in [6, 6.07) is 20.9. The molecule has 0 spiro atoms. The standard InChI is InChI=1S/C19H22N2O/c1-15(17-10-6-3-7-11-17)18-14-21(19(22)20-18)13-12-16-8-4-2-5-9-16/h2-11,15,18H,12-14H2,1H3,(H,20,22)/t15-,18?/m0/s1. The Morgan fingerprint density at radius 1 is 1.09 bits per heavy atom. The minimum atomic E-state index is 0.0590. The number of hydrogen-bond acceptors (Lipinski definition) is 1. The molecule has 2 atom stereocenters. The van der Waals surface area contributed by atoms with Gasteiger partial charge in [-0.05, 0) is 17.5 Å². The Balaban J connectivity index is 1.59. The second kappa shape index (κ2) is 6.65. The van der Waals surface area contributed by atoms with Gasteiger partial charge in [-0.2, -0.15) is 0 Å². The topological polar surface area (TPSA) is 32.3 Å². The fraction of sp³-hybridized carbons (Fsp3) is 0.316.